The Morgan fingerprint density at radius 3 is 2.64 bits per heavy atom. The fraction of sp³-hybridized carbons (Fsp3) is 0.286. The summed E-state index contributed by atoms with van der Waals surface area (Å²) in [6, 6.07) is 1.41. The minimum Gasteiger partial charge on any atom is -0.477 e. The number of aromatic amines is 1. The van der Waals surface area contributed by atoms with E-state index in [1.54, 1.807) is 6.92 Å². The number of carbonyl (C=O) groups is 1. The Morgan fingerprint density at radius 2 is 2.36 bits per heavy atom. The van der Waals surface area contributed by atoms with Crippen molar-refractivity contribution >= 4 is 5.97 Å². The molecule has 0 aliphatic rings. The third kappa shape index (κ3) is 1.59. The van der Waals surface area contributed by atoms with Gasteiger partial charge in [-0.2, -0.15) is 0 Å². The summed E-state index contributed by atoms with van der Waals surface area (Å²) in [5, 5.41) is 17.5. The predicted molar refractivity (Wildman–Crippen MR) is 38.4 cm³/mol. The van der Waals surface area contributed by atoms with Crippen molar-refractivity contribution in [3.05, 3.63) is 23.5 Å². The Bertz CT molecular complexity index is 264. The molecule has 0 saturated carbocycles. The topological polar surface area (TPSA) is 73.3 Å². The summed E-state index contributed by atoms with van der Waals surface area (Å²) in [6.45, 7) is 1.58. The number of H-pyrrole nitrogens is 1. The van der Waals surface area contributed by atoms with Gasteiger partial charge in [-0.1, -0.05) is 0 Å². The minimum absolute atomic E-state index is 0.0981. The standard InChI is InChI=1S/C7H9NO3/c1-4(9)5-2-6(7(10)11)8-3-5/h2-4,8-9H,1H3,(H,10,11). The van der Waals surface area contributed by atoms with Crippen LogP contribution >= 0.6 is 0 Å². The molecule has 0 fully saturated rings. The smallest absolute Gasteiger partial charge is 0.352 e. The highest BCUT2D eigenvalue weighted by Crippen LogP contribution is 2.12. The van der Waals surface area contributed by atoms with E-state index in [1.807, 2.05) is 0 Å². The molecule has 1 atom stereocenters. The van der Waals surface area contributed by atoms with Gasteiger partial charge in [0.1, 0.15) is 5.69 Å². The number of hydrogen-bond acceptors (Lipinski definition) is 2. The first-order valence-electron chi connectivity index (χ1n) is 3.21. The third-order valence-electron chi connectivity index (χ3n) is 1.42. The van der Waals surface area contributed by atoms with E-state index in [1.165, 1.54) is 12.3 Å². The number of carboxylic acids is 1. The highest BCUT2D eigenvalue weighted by atomic mass is 16.4. The number of carboxylic acid groups (broad SMARTS) is 1. The molecule has 1 heterocycles. The molecule has 0 spiro atoms. The summed E-state index contributed by atoms with van der Waals surface area (Å²) < 4.78 is 0. The zero-order valence-electron chi connectivity index (χ0n) is 6.03. The number of aliphatic hydroxyl groups excluding tert-OH is 1. The monoisotopic (exact) mass is 155 g/mol. The van der Waals surface area contributed by atoms with Gasteiger partial charge in [0.15, 0.2) is 0 Å². The molecule has 0 radical (unpaired) electrons. The fourth-order valence-electron chi connectivity index (χ4n) is 0.776. The van der Waals surface area contributed by atoms with E-state index in [4.69, 9.17) is 10.2 Å². The summed E-state index contributed by atoms with van der Waals surface area (Å²) in [5.41, 5.74) is 0.684. The summed E-state index contributed by atoms with van der Waals surface area (Å²) in [5.74, 6) is -1.02. The van der Waals surface area contributed by atoms with Crippen LogP contribution in [0.5, 0.6) is 0 Å². The summed E-state index contributed by atoms with van der Waals surface area (Å²) >= 11 is 0. The lowest BCUT2D eigenvalue weighted by Crippen LogP contribution is -1.95. The van der Waals surface area contributed by atoms with Crippen molar-refractivity contribution in [3.63, 3.8) is 0 Å². The summed E-state index contributed by atoms with van der Waals surface area (Å²) in [6.07, 6.45) is 0.855. The summed E-state index contributed by atoms with van der Waals surface area (Å²) in [7, 11) is 0. The van der Waals surface area contributed by atoms with E-state index in [2.05, 4.69) is 4.98 Å². The van der Waals surface area contributed by atoms with Crippen LogP contribution < -0.4 is 0 Å². The van der Waals surface area contributed by atoms with E-state index in [9.17, 15) is 4.79 Å². The van der Waals surface area contributed by atoms with Gasteiger partial charge < -0.3 is 15.2 Å². The van der Waals surface area contributed by atoms with E-state index in [0.29, 0.717) is 5.56 Å². The third-order valence-corrected chi connectivity index (χ3v) is 1.42. The Balaban J connectivity index is 2.90. The molecule has 0 aromatic carbocycles. The van der Waals surface area contributed by atoms with Gasteiger partial charge in [0.05, 0.1) is 6.10 Å². The van der Waals surface area contributed by atoms with Crippen LogP contribution in [-0.2, 0) is 0 Å². The SMILES string of the molecule is CC(O)c1c[nH]c(C(=O)O)c1. The van der Waals surface area contributed by atoms with Crippen LogP contribution in [-0.4, -0.2) is 21.2 Å². The lowest BCUT2D eigenvalue weighted by atomic mass is 10.2. The highest BCUT2D eigenvalue weighted by molar-refractivity contribution is 5.85. The first-order valence-corrected chi connectivity index (χ1v) is 3.21. The Morgan fingerprint density at radius 1 is 1.73 bits per heavy atom. The molecule has 0 aliphatic heterocycles. The van der Waals surface area contributed by atoms with Gasteiger partial charge in [0, 0.05) is 6.20 Å². The van der Waals surface area contributed by atoms with Crippen LogP contribution in [0, 0.1) is 0 Å². The lowest BCUT2D eigenvalue weighted by Gasteiger charge is -1.95. The van der Waals surface area contributed by atoms with E-state index < -0.39 is 12.1 Å². The molecule has 0 amide bonds. The minimum atomic E-state index is -1.02. The second kappa shape index (κ2) is 2.75. The van der Waals surface area contributed by atoms with Gasteiger partial charge in [-0.3, -0.25) is 0 Å². The van der Waals surface area contributed by atoms with Crippen molar-refractivity contribution in [3.8, 4) is 0 Å². The maximum atomic E-state index is 10.3. The van der Waals surface area contributed by atoms with Crippen LogP contribution in [0.4, 0.5) is 0 Å². The first kappa shape index (κ1) is 7.81. The Hall–Kier alpha value is -1.29. The number of aliphatic hydroxyl groups is 1. The van der Waals surface area contributed by atoms with Crippen LogP contribution in [0.1, 0.15) is 29.1 Å². The zero-order chi connectivity index (χ0) is 8.43. The van der Waals surface area contributed by atoms with Crippen molar-refractivity contribution in [2.45, 2.75) is 13.0 Å². The van der Waals surface area contributed by atoms with Crippen molar-refractivity contribution < 1.29 is 15.0 Å². The van der Waals surface area contributed by atoms with Gasteiger partial charge in [0.2, 0.25) is 0 Å². The molecule has 1 aromatic rings. The molecular formula is C7H9NO3. The van der Waals surface area contributed by atoms with E-state index in [0.717, 1.165) is 0 Å². The maximum Gasteiger partial charge on any atom is 0.352 e. The van der Waals surface area contributed by atoms with Gasteiger partial charge in [-0.25, -0.2) is 4.79 Å². The van der Waals surface area contributed by atoms with Crippen molar-refractivity contribution in [2.75, 3.05) is 0 Å². The number of nitrogens with one attached hydrogen (secondary N) is 1. The molecule has 11 heavy (non-hydrogen) atoms. The molecule has 3 N–H and O–H groups in total. The molecule has 0 saturated heterocycles. The second-order valence-electron chi connectivity index (χ2n) is 2.33. The zero-order valence-corrected chi connectivity index (χ0v) is 6.03. The largest absolute Gasteiger partial charge is 0.477 e. The van der Waals surface area contributed by atoms with Crippen molar-refractivity contribution in [1.82, 2.24) is 4.98 Å². The lowest BCUT2D eigenvalue weighted by molar-refractivity contribution is 0.0691. The molecule has 60 valence electrons. The number of aromatic nitrogens is 1. The predicted octanol–water partition coefficient (Wildman–Crippen LogP) is 0.766. The normalized spacial score (nSPS) is 12.9. The molecule has 0 aliphatic carbocycles. The first-order chi connectivity index (χ1) is 5.11. The van der Waals surface area contributed by atoms with Gasteiger partial charge in [-0.15, -0.1) is 0 Å². The molecular weight excluding hydrogens is 146 g/mol. The quantitative estimate of drug-likeness (QED) is 0.590. The summed E-state index contributed by atoms with van der Waals surface area (Å²) in [4.78, 5) is 12.9. The van der Waals surface area contributed by atoms with Crippen LogP contribution in [0.2, 0.25) is 0 Å². The molecule has 1 rings (SSSR count). The molecule has 4 heteroatoms. The van der Waals surface area contributed by atoms with Crippen LogP contribution in [0.15, 0.2) is 12.3 Å². The van der Waals surface area contributed by atoms with E-state index >= 15 is 0 Å². The van der Waals surface area contributed by atoms with Gasteiger partial charge in [0.25, 0.3) is 0 Å². The van der Waals surface area contributed by atoms with Gasteiger partial charge in [-0.05, 0) is 18.6 Å². The van der Waals surface area contributed by atoms with Crippen LogP contribution in [0.25, 0.3) is 0 Å². The van der Waals surface area contributed by atoms with Crippen molar-refractivity contribution in [1.29, 1.82) is 0 Å². The molecule has 4 nitrogen and oxygen atoms in total. The Kier molecular flexibility index (Phi) is 1.96. The van der Waals surface area contributed by atoms with Gasteiger partial charge >= 0.3 is 5.97 Å². The second-order valence-corrected chi connectivity index (χ2v) is 2.33. The number of aromatic carboxylic acids is 1. The van der Waals surface area contributed by atoms with E-state index in [-0.39, 0.29) is 5.69 Å². The fourth-order valence-corrected chi connectivity index (χ4v) is 0.776. The average molecular weight is 155 g/mol. The molecule has 0 bridgehead atoms. The number of hydrogen-bond donors (Lipinski definition) is 3. The molecule has 1 aromatic heterocycles. The maximum absolute atomic E-state index is 10.3. The molecule has 1 unspecified atom stereocenters. The van der Waals surface area contributed by atoms with Crippen molar-refractivity contribution in [2.24, 2.45) is 0 Å². The Labute approximate surface area is 63.5 Å². The highest BCUT2D eigenvalue weighted by Gasteiger charge is 2.08. The average Bonchev–Trinajstić information content (AvgIpc) is 2.33. The van der Waals surface area contributed by atoms with Crippen LogP contribution in [0.3, 0.4) is 0 Å². The number of rotatable bonds is 2.